The molecular formula is C15H13BrClFO2. The van der Waals surface area contributed by atoms with Crippen LogP contribution >= 0.6 is 27.5 Å². The number of hydrogen-bond acceptors (Lipinski definition) is 2. The van der Waals surface area contributed by atoms with Gasteiger partial charge < -0.3 is 9.47 Å². The summed E-state index contributed by atoms with van der Waals surface area (Å²) in [4.78, 5) is 0. The number of halogens is 3. The number of hydrogen-bond donors (Lipinski definition) is 0. The van der Waals surface area contributed by atoms with Crippen molar-refractivity contribution >= 4 is 27.5 Å². The zero-order valence-electron chi connectivity index (χ0n) is 10.8. The van der Waals surface area contributed by atoms with E-state index in [0.29, 0.717) is 22.9 Å². The molecule has 2 nitrogen and oxygen atoms in total. The van der Waals surface area contributed by atoms with E-state index in [2.05, 4.69) is 15.9 Å². The Morgan fingerprint density at radius 2 is 2.00 bits per heavy atom. The smallest absolute Gasteiger partial charge is 0.166 e. The Kier molecular flexibility index (Phi) is 5.26. The zero-order valence-corrected chi connectivity index (χ0v) is 13.2. The minimum Gasteiger partial charge on any atom is -0.493 e. The minimum absolute atomic E-state index is 0.107. The van der Waals surface area contributed by atoms with Crippen molar-refractivity contribution in [3.8, 4) is 11.5 Å². The molecule has 0 spiro atoms. The van der Waals surface area contributed by atoms with Crippen LogP contribution in [0.5, 0.6) is 11.5 Å². The fraction of sp³-hybridized carbons (Fsp3) is 0.200. The van der Waals surface area contributed by atoms with E-state index in [-0.39, 0.29) is 12.4 Å². The Bertz CT molecular complexity index is 582. The first kappa shape index (κ1) is 15.1. The summed E-state index contributed by atoms with van der Waals surface area (Å²) in [5.74, 6) is 1.12. The molecule has 0 heterocycles. The van der Waals surface area contributed by atoms with Gasteiger partial charge in [-0.15, -0.1) is 11.6 Å². The quantitative estimate of drug-likeness (QED) is 0.706. The Labute approximate surface area is 130 Å². The molecule has 20 heavy (non-hydrogen) atoms. The van der Waals surface area contributed by atoms with Crippen molar-refractivity contribution in [1.29, 1.82) is 0 Å². The van der Waals surface area contributed by atoms with Gasteiger partial charge in [-0.25, -0.2) is 4.39 Å². The Morgan fingerprint density at radius 1 is 1.20 bits per heavy atom. The lowest BCUT2D eigenvalue weighted by molar-refractivity contribution is 0.277. The summed E-state index contributed by atoms with van der Waals surface area (Å²) in [6.45, 7) is 0.107. The van der Waals surface area contributed by atoms with E-state index in [9.17, 15) is 4.39 Å². The summed E-state index contributed by atoms with van der Waals surface area (Å²) in [7, 11) is 1.56. The predicted octanol–water partition coefficient (Wildman–Crippen LogP) is 4.91. The summed E-state index contributed by atoms with van der Waals surface area (Å²) in [5.41, 5.74) is 1.27. The van der Waals surface area contributed by atoms with Gasteiger partial charge in [0.25, 0.3) is 0 Å². The lowest BCUT2D eigenvalue weighted by Gasteiger charge is -2.14. The summed E-state index contributed by atoms with van der Waals surface area (Å²) < 4.78 is 25.4. The zero-order chi connectivity index (χ0) is 14.5. The molecular weight excluding hydrogens is 347 g/mol. The molecule has 2 rings (SSSR count). The fourth-order valence-corrected chi connectivity index (χ4v) is 2.41. The average Bonchev–Trinajstić information content (AvgIpc) is 2.47. The van der Waals surface area contributed by atoms with Crippen molar-refractivity contribution in [2.75, 3.05) is 7.11 Å². The average molecular weight is 360 g/mol. The van der Waals surface area contributed by atoms with E-state index in [0.717, 1.165) is 10.0 Å². The normalized spacial score (nSPS) is 10.4. The first-order valence-corrected chi connectivity index (χ1v) is 7.27. The Morgan fingerprint density at radius 3 is 2.70 bits per heavy atom. The molecule has 0 atom stereocenters. The maximum atomic E-state index is 13.7. The van der Waals surface area contributed by atoms with Crippen LogP contribution < -0.4 is 9.47 Å². The molecule has 0 fully saturated rings. The highest BCUT2D eigenvalue weighted by atomic mass is 79.9. The van der Waals surface area contributed by atoms with E-state index in [1.54, 1.807) is 25.3 Å². The molecule has 0 saturated heterocycles. The molecule has 0 radical (unpaired) electrons. The van der Waals surface area contributed by atoms with Gasteiger partial charge >= 0.3 is 0 Å². The van der Waals surface area contributed by atoms with Crippen LogP contribution in [0.1, 0.15) is 11.1 Å². The van der Waals surface area contributed by atoms with Crippen LogP contribution in [0.4, 0.5) is 4.39 Å². The van der Waals surface area contributed by atoms with Gasteiger partial charge in [-0.2, -0.15) is 0 Å². The van der Waals surface area contributed by atoms with Gasteiger partial charge in [-0.1, -0.05) is 28.1 Å². The molecule has 2 aromatic carbocycles. The lowest BCUT2D eigenvalue weighted by Crippen LogP contribution is -2.02. The van der Waals surface area contributed by atoms with Gasteiger partial charge in [0.2, 0.25) is 0 Å². The molecule has 0 aliphatic rings. The largest absolute Gasteiger partial charge is 0.493 e. The molecule has 0 aromatic heterocycles. The third-order valence-corrected chi connectivity index (χ3v) is 3.59. The molecule has 0 amide bonds. The highest BCUT2D eigenvalue weighted by molar-refractivity contribution is 9.10. The third kappa shape index (κ3) is 3.44. The van der Waals surface area contributed by atoms with E-state index < -0.39 is 0 Å². The van der Waals surface area contributed by atoms with Gasteiger partial charge in [0.1, 0.15) is 12.4 Å². The summed E-state index contributed by atoms with van der Waals surface area (Å²) in [6.07, 6.45) is 0. The van der Waals surface area contributed by atoms with Crippen molar-refractivity contribution in [2.45, 2.75) is 12.5 Å². The molecule has 0 N–H and O–H groups in total. The second-order valence-corrected chi connectivity index (χ2v) is 5.29. The van der Waals surface area contributed by atoms with Gasteiger partial charge in [-0.05, 0) is 24.3 Å². The fourth-order valence-electron chi connectivity index (χ4n) is 1.79. The van der Waals surface area contributed by atoms with Crippen LogP contribution in [0.15, 0.2) is 40.9 Å². The molecule has 2 aromatic rings. The van der Waals surface area contributed by atoms with Crippen LogP contribution in [-0.4, -0.2) is 7.11 Å². The lowest BCUT2D eigenvalue weighted by atomic mass is 10.2. The predicted molar refractivity (Wildman–Crippen MR) is 81.0 cm³/mol. The van der Waals surface area contributed by atoms with E-state index >= 15 is 0 Å². The number of para-hydroxylation sites is 1. The Hall–Kier alpha value is -1.26. The SMILES string of the molecule is COc1cccc(CCl)c1OCc1cc(Br)ccc1F. The van der Waals surface area contributed by atoms with Gasteiger partial charge in [0.05, 0.1) is 13.0 Å². The summed E-state index contributed by atoms with van der Waals surface area (Å²) in [5, 5.41) is 0. The van der Waals surface area contributed by atoms with Gasteiger partial charge in [-0.3, -0.25) is 0 Å². The molecule has 106 valence electrons. The molecule has 5 heteroatoms. The Balaban J connectivity index is 2.24. The molecule has 0 aliphatic heterocycles. The van der Waals surface area contributed by atoms with Crippen molar-refractivity contribution in [3.63, 3.8) is 0 Å². The van der Waals surface area contributed by atoms with Crippen LogP contribution in [0.25, 0.3) is 0 Å². The van der Waals surface area contributed by atoms with Gasteiger partial charge in [0, 0.05) is 15.6 Å². The maximum Gasteiger partial charge on any atom is 0.166 e. The summed E-state index contributed by atoms with van der Waals surface area (Å²) >= 11 is 9.19. The van der Waals surface area contributed by atoms with Crippen LogP contribution in [0.3, 0.4) is 0 Å². The summed E-state index contributed by atoms with van der Waals surface area (Å²) in [6, 6.07) is 10.2. The monoisotopic (exact) mass is 358 g/mol. The van der Waals surface area contributed by atoms with E-state index in [1.807, 2.05) is 12.1 Å². The third-order valence-electron chi connectivity index (χ3n) is 2.80. The van der Waals surface area contributed by atoms with Gasteiger partial charge in [0.15, 0.2) is 11.5 Å². The maximum absolute atomic E-state index is 13.7. The van der Waals surface area contributed by atoms with E-state index in [4.69, 9.17) is 21.1 Å². The van der Waals surface area contributed by atoms with E-state index in [1.165, 1.54) is 6.07 Å². The highest BCUT2D eigenvalue weighted by Crippen LogP contribution is 2.33. The number of benzene rings is 2. The second-order valence-electron chi connectivity index (χ2n) is 4.11. The first-order chi connectivity index (χ1) is 9.65. The number of alkyl halides is 1. The van der Waals surface area contributed by atoms with Crippen LogP contribution in [0.2, 0.25) is 0 Å². The first-order valence-electron chi connectivity index (χ1n) is 5.94. The molecule has 0 aliphatic carbocycles. The minimum atomic E-state index is -0.310. The molecule has 0 unspecified atom stereocenters. The standard InChI is InChI=1S/C15H13BrClFO2/c1-19-14-4-2-3-10(8-17)15(14)20-9-11-7-12(16)5-6-13(11)18/h2-7H,8-9H2,1H3. The number of methoxy groups -OCH3 is 1. The van der Waals surface area contributed by atoms with Crippen LogP contribution in [0, 0.1) is 5.82 Å². The number of ether oxygens (including phenoxy) is 2. The van der Waals surface area contributed by atoms with Crippen molar-refractivity contribution < 1.29 is 13.9 Å². The topological polar surface area (TPSA) is 18.5 Å². The highest BCUT2D eigenvalue weighted by Gasteiger charge is 2.11. The second kappa shape index (κ2) is 6.95. The van der Waals surface area contributed by atoms with Crippen molar-refractivity contribution in [1.82, 2.24) is 0 Å². The molecule has 0 bridgehead atoms. The van der Waals surface area contributed by atoms with Crippen molar-refractivity contribution in [2.24, 2.45) is 0 Å². The van der Waals surface area contributed by atoms with Crippen molar-refractivity contribution in [3.05, 3.63) is 57.8 Å². The molecule has 0 saturated carbocycles. The van der Waals surface area contributed by atoms with Crippen LogP contribution in [-0.2, 0) is 12.5 Å². The number of rotatable bonds is 5.